The number of rotatable bonds is 5. The summed E-state index contributed by atoms with van der Waals surface area (Å²) in [5.41, 5.74) is 1.69. The Morgan fingerprint density at radius 2 is 1.83 bits per heavy atom. The molecule has 160 valence electrons. The van der Waals surface area contributed by atoms with E-state index in [4.69, 9.17) is 9.47 Å². The average Bonchev–Trinajstić information content (AvgIpc) is 3.19. The van der Waals surface area contributed by atoms with Crippen molar-refractivity contribution < 1.29 is 19.1 Å². The molecule has 7 nitrogen and oxygen atoms in total. The van der Waals surface area contributed by atoms with Crippen molar-refractivity contribution in [2.75, 3.05) is 39.4 Å². The number of likely N-dealkylation sites (tertiary alicyclic amines) is 1. The Bertz CT molecular complexity index is 880. The number of aryl methyl sites for hydroxylation is 1. The molecule has 1 aromatic heterocycles. The summed E-state index contributed by atoms with van der Waals surface area (Å²) in [6.07, 6.45) is 6.03. The van der Waals surface area contributed by atoms with Crippen molar-refractivity contribution in [2.45, 2.75) is 25.4 Å². The van der Waals surface area contributed by atoms with Crippen molar-refractivity contribution >= 4 is 11.8 Å². The molecule has 0 spiro atoms. The van der Waals surface area contributed by atoms with Gasteiger partial charge in [-0.3, -0.25) is 9.59 Å². The molecule has 0 saturated carbocycles. The smallest absolute Gasteiger partial charge is 0.254 e. The van der Waals surface area contributed by atoms with Gasteiger partial charge < -0.3 is 23.8 Å². The molecule has 2 amide bonds. The Labute approximate surface area is 177 Å². The molecule has 0 unspecified atom stereocenters. The zero-order chi connectivity index (χ0) is 20.9. The second-order valence-electron chi connectivity index (χ2n) is 7.99. The first-order valence-electron chi connectivity index (χ1n) is 10.6. The van der Waals surface area contributed by atoms with Gasteiger partial charge in [0.05, 0.1) is 19.6 Å². The lowest BCUT2D eigenvalue weighted by Crippen LogP contribution is -2.42. The highest BCUT2D eigenvalue weighted by Crippen LogP contribution is 2.22. The third kappa shape index (κ3) is 5.02. The maximum absolute atomic E-state index is 12.7. The monoisotopic (exact) mass is 411 g/mol. The fraction of sp³-hybridized carbons (Fsp3) is 0.478. The first-order valence-corrected chi connectivity index (χ1v) is 10.6. The Balaban J connectivity index is 1.28. The zero-order valence-corrected chi connectivity index (χ0v) is 17.5. The number of hydrogen-bond acceptors (Lipinski definition) is 4. The van der Waals surface area contributed by atoms with Crippen LogP contribution in [-0.2, 0) is 23.0 Å². The van der Waals surface area contributed by atoms with E-state index in [2.05, 4.69) is 0 Å². The largest absolute Gasteiger partial charge is 0.490 e. The fourth-order valence-electron chi connectivity index (χ4n) is 4.02. The molecule has 2 aliphatic rings. The molecule has 1 aromatic carbocycles. The summed E-state index contributed by atoms with van der Waals surface area (Å²) >= 11 is 0. The van der Waals surface area contributed by atoms with E-state index in [1.54, 1.807) is 0 Å². The second kappa shape index (κ2) is 9.34. The van der Waals surface area contributed by atoms with Crippen molar-refractivity contribution in [3.05, 3.63) is 53.9 Å². The maximum atomic E-state index is 12.7. The minimum atomic E-state index is 0.0186. The number of carbonyl (C=O) groups is 2. The number of morpholine rings is 1. The van der Waals surface area contributed by atoms with Gasteiger partial charge in [-0.2, -0.15) is 0 Å². The molecule has 2 aliphatic heterocycles. The number of benzene rings is 1. The van der Waals surface area contributed by atoms with Gasteiger partial charge in [-0.15, -0.1) is 0 Å². The lowest BCUT2D eigenvalue weighted by molar-refractivity contribution is -0.132. The average molecular weight is 412 g/mol. The number of carbonyl (C=O) groups excluding carboxylic acids is 2. The Morgan fingerprint density at radius 1 is 1.07 bits per heavy atom. The van der Waals surface area contributed by atoms with Gasteiger partial charge in [-0.05, 0) is 29.8 Å². The molecule has 3 heterocycles. The lowest BCUT2D eigenvalue weighted by atomic mass is 10.1. The first kappa shape index (κ1) is 20.5. The molecular formula is C23H29N3O4. The van der Waals surface area contributed by atoms with Crippen LogP contribution in [0.5, 0.6) is 5.75 Å². The molecule has 2 aromatic rings. The van der Waals surface area contributed by atoms with Crippen LogP contribution in [-0.4, -0.2) is 71.7 Å². The van der Waals surface area contributed by atoms with Crippen LogP contribution in [0.1, 0.15) is 28.8 Å². The molecule has 0 bridgehead atoms. The normalized spacial score (nSPS) is 17.8. The second-order valence-corrected chi connectivity index (χ2v) is 7.99. The fourth-order valence-corrected chi connectivity index (χ4v) is 4.02. The summed E-state index contributed by atoms with van der Waals surface area (Å²) in [4.78, 5) is 29.0. The molecule has 0 radical (unpaired) electrons. The summed E-state index contributed by atoms with van der Waals surface area (Å²) in [6, 6.07) is 9.39. The van der Waals surface area contributed by atoms with Gasteiger partial charge in [0.25, 0.3) is 5.91 Å². The van der Waals surface area contributed by atoms with Gasteiger partial charge in [0.15, 0.2) is 0 Å². The molecule has 30 heavy (non-hydrogen) atoms. The minimum absolute atomic E-state index is 0.0186. The quantitative estimate of drug-likeness (QED) is 0.756. The third-order valence-corrected chi connectivity index (χ3v) is 5.73. The van der Waals surface area contributed by atoms with E-state index in [-0.39, 0.29) is 17.9 Å². The molecule has 0 atom stereocenters. The lowest BCUT2D eigenvalue weighted by Gasteiger charge is -2.32. The van der Waals surface area contributed by atoms with Crippen molar-refractivity contribution in [1.82, 2.24) is 14.4 Å². The van der Waals surface area contributed by atoms with Gasteiger partial charge in [0.2, 0.25) is 5.91 Å². The van der Waals surface area contributed by atoms with Gasteiger partial charge in [-0.1, -0.05) is 6.07 Å². The van der Waals surface area contributed by atoms with E-state index in [1.165, 1.54) is 0 Å². The van der Waals surface area contributed by atoms with Crippen LogP contribution >= 0.6 is 0 Å². The Morgan fingerprint density at radius 3 is 2.53 bits per heavy atom. The Kier molecular flexibility index (Phi) is 6.38. The van der Waals surface area contributed by atoms with Crippen LogP contribution in [0.15, 0.2) is 42.7 Å². The van der Waals surface area contributed by atoms with Crippen molar-refractivity contribution in [3.63, 3.8) is 0 Å². The van der Waals surface area contributed by atoms with Crippen LogP contribution in [0.3, 0.4) is 0 Å². The van der Waals surface area contributed by atoms with Crippen LogP contribution in [0, 0.1) is 0 Å². The highest BCUT2D eigenvalue weighted by Gasteiger charge is 2.25. The Hall–Kier alpha value is -2.80. The van der Waals surface area contributed by atoms with Crippen LogP contribution < -0.4 is 4.74 Å². The van der Waals surface area contributed by atoms with Gasteiger partial charge in [0, 0.05) is 64.0 Å². The van der Waals surface area contributed by atoms with E-state index >= 15 is 0 Å². The van der Waals surface area contributed by atoms with Gasteiger partial charge in [-0.25, -0.2) is 0 Å². The van der Waals surface area contributed by atoms with Gasteiger partial charge in [0.1, 0.15) is 11.9 Å². The summed E-state index contributed by atoms with van der Waals surface area (Å²) in [5, 5.41) is 0. The minimum Gasteiger partial charge on any atom is -0.490 e. The number of nitrogens with zero attached hydrogens (tertiary/aromatic N) is 3. The molecule has 7 heteroatoms. The van der Waals surface area contributed by atoms with E-state index in [0.717, 1.165) is 18.4 Å². The predicted octanol–water partition coefficient (Wildman–Crippen LogP) is 2.11. The van der Waals surface area contributed by atoms with E-state index in [1.807, 2.05) is 64.1 Å². The number of amides is 2. The highest BCUT2D eigenvalue weighted by molar-refractivity contribution is 5.94. The van der Waals surface area contributed by atoms with Gasteiger partial charge >= 0.3 is 0 Å². The first-order chi connectivity index (χ1) is 14.6. The maximum Gasteiger partial charge on any atom is 0.254 e. The molecule has 2 saturated heterocycles. The number of hydrogen-bond donors (Lipinski definition) is 0. The zero-order valence-electron chi connectivity index (χ0n) is 17.5. The van der Waals surface area contributed by atoms with Crippen molar-refractivity contribution in [2.24, 2.45) is 7.05 Å². The summed E-state index contributed by atoms with van der Waals surface area (Å²) in [6.45, 7) is 3.82. The molecule has 4 rings (SSSR count). The number of aromatic nitrogens is 1. The van der Waals surface area contributed by atoms with Crippen molar-refractivity contribution in [3.8, 4) is 5.75 Å². The molecular weight excluding hydrogens is 382 g/mol. The number of piperidine rings is 1. The predicted molar refractivity (Wildman–Crippen MR) is 113 cm³/mol. The topological polar surface area (TPSA) is 64.0 Å². The summed E-state index contributed by atoms with van der Waals surface area (Å²) in [5.74, 6) is 0.894. The van der Waals surface area contributed by atoms with E-state index in [9.17, 15) is 9.59 Å². The summed E-state index contributed by atoms with van der Waals surface area (Å²) < 4.78 is 13.4. The third-order valence-electron chi connectivity index (χ3n) is 5.73. The van der Waals surface area contributed by atoms with E-state index < -0.39 is 0 Å². The highest BCUT2D eigenvalue weighted by atomic mass is 16.5. The number of ether oxygens (including phenoxy) is 2. The van der Waals surface area contributed by atoms with Crippen molar-refractivity contribution in [1.29, 1.82) is 0 Å². The molecule has 0 N–H and O–H groups in total. The van der Waals surface area contributed by atoms with Crippen LogP contribution in [0.2, 0.25) is 0 Å². The molecule has 2 fully saturated rings. The van der Waals surface area contributed by atoms with Crippen LogP contribution in [0.25, 0.3) is 0 Å². The SMILES string of the molecule is Cn1ccc(CC(=O)N2CCC(Oc3cccc(C(=O)N4CCOCC4)c3)CC2)c1. The van der Waals surface area contributed by atoms with Crippen LogP contribution in [0.4, 0.5) is 0 Å². The van der Waals surface area contributed by atoms with E-state index in [0.29, 0.717) is 57.1 Å². The molecule has 0 aliphatic carbocycles. The standard InChI is InChI=1S/C23H29N3O4/c1-24-8-5-18(17-24)15-22(27)25-9-6-20(7-10-25)30-21-4-2-3-19(16-21)23(28)26-11-13-29-14-12-26/h2-5,8,16-17,20H,6-7,9-15H2,1H3. The summed E-state index contributed by atoms with van der Waals surface area (Å²) in [7, 11) is 1.96.